The number of rotatable bonds is 4. The predicted molar refractivity (Wildman–Crippen MR) is 126 cm³/mol. The molecule has 0 atom stereocenters. The van der Waals surface area contributed by atoms with Gasteiger partial charge in [0.1, 0.15) is 5.00 Å². The first-order valence-corrected chi connectivity index (χ1v) is 13.1. The van der Waals surface area contributed by atoms with Crippen molar-refractivity contribution in [2.45, 2.75) is 77.0 Å². The monoisotopic (exact) mass is 446 g/mol. The second-order valence-corrected chi connectivity index (χ2v) is 11.9. The lowest BCUT2D eigenvalue weighted by atomic mass is 9.49. The number of carbonyl (C=O) groups excluding carboxylic acids is 1. The molecule has 4 nitrogen and oxygen atoms in total. The van der Waals surface area contributed by atoms with Gasteiger partial charge in [-0.2, -0.15) is 0 Å². The number of thiophene rings is 1. The number of esters is 1. The molecule has 1 aromatic rings. The van der Waals surface area contributed by atoms with Gasteiger partial charge in [0.05, 0.1) is 12.7 Å². The smallest absolute Gasteiger partial charge is 0.341 e. The first kappa shape index (κ1) is 20.7. The largest absolute Gasteiger partial charge is 0.465 e. The van der Waals surface area contributed by atoms with E-state index in [0.717, 1.165) is 54.1 Å². The molecule has 30 heavy (non-hydrogen) atoms. The molecule has 5 aliphatic carbocycles. The number of thiocarbonyl (C=S) groups is 1. The second-order valence-electron chi connectivity index (χ2n) is 10.3. The number of nitrogens with one attached hydrogen (secondary N) is 2. The zero-order valence-corrected chi connectivity index (χ0v) is 19.7. The van der Waals surface area contributed by atoms with Crippen LogP contribution >= 0.6 is 23.6 Å². The Bertz CT molecular complexity index is 796. The van der Waals surface area contributed by atoms with Crippen LogP contribution in [0.1, 0.15) is 85.0 Å². The Morgan fingerprint density at radius 2 is 1.70 bits per heavy atom. The van der Waals surface area contributed by atoms with Crippen molar-refractivity contribution in [1.82, 2.24) is 5.32 Å². The highest BCUT2D eigenvalue weighted by Crippen LogP contribution is 2.59. The van der Waals surface area contributed by atoms with Crippen molar-refractivity contribution in [3.05, 3.63) is 16.0 Å². The van der Waals surface area contributed by atoms with Crippen molar-refractivity contribution in [2.24, 2.45) is 23.2 Å². The molecule has 0 amide bonds. The predicted octanol–water partition coefficient (Wildman–Crippen LogP) is 5.70. The summed E-state index contributed by atoms with van der Waals surface area (Å²) in [4.78, 5) is 13.9. The van der Waals surface area contributed by atoms with Gasteiger partial charge < -0.3 is 15.4 Å². The van der Waals surface area contributed by atoms with E-state index in [4.69, 9.17) is 17.0 Å². The zero-order chi connectivity index (χ0) is 20.7. The van der Waals surface area contributed by atoms with Gasteiger partial charge in [-0.1, -0.05) is 12.8 Å². The molecule has 5 aliphatic rings. The molecular formula is C24H34N2O2S2. The number of aryl methyl sites for hydroxylation is 1. The number of anilines is 1. The SMILES string of the molecule is COC(=O)c1c(NC(=S)NCC23CC4CC(CC(C4)C2)C3)sc2c1CCCCCC2. The minimum atomic E-state index is -0.237. The average molecular weight is 447 g/mol. The standard InChI is InChI=1S/C24H34N2O2S2/c1-28-22(27)20-18-6-4-2-3-5-7-19(18)30-21(20)26-23(29)25-14-24-11-15-8-16(12-24)10-17(9-15)13-24/h15-17H,2-14H2,1H3,(H2,25,26,29). The Kier molecular flexibility index (Phi) is 5.82. The number of hydrogen-bond donors (Lipinski definition) is 2. The van der Waals surface area contributed by atoms with Crippen molar-refractivity contribution in [1.29, 1.82) is 0 Å². The Labute approximate surface area is 189 Å². The second kappa shape index (κ2) is 8.42. The maximum absolute atomic E-state index is 12.6. The molecule has 1 aromatic heterocycles. The third kappa shape index (κ3) is 4.02. The summed E-state index contributed by atoms with van der Waals surface area (Å²) in [5.41, 5.74) is 2.35. The Morgan fingerprint density at radius 1 is 1.07 bits per heavy atom. The van der Waals surface area contributed by atoms with Crippen LogP contribution in [-0.2, 0) is 17.6 Å². The summed E-state index contributed by atoms with van der Waals surface area (Å²) in [5.74, 6) is 2.60. The van der Waals surface area contributed by atoms with Crippen molar-refractivity contribution >= 4 is 39.6 Å². The van der Waals surface area contributed by atoms with Gasteiger partial charge >= 0.3 is 5.97 Å². The van der Waals surface area contributed by atoms with E-state index in [1.54, 1.807) is 11.3 Å². The van der Waals surface area contributed by atoms with E-state index in [9.17, 15) is 4.79 Å². The molecule has 0 aromatic carbocycles. The maximum atomic E-state index is 12.6. The van der Waals surface area contributed by atoms with Crippen molar-refractivity contribution < 1.29 is 9.53 Å². The summed E-state index contributed by atoms with van der Waals surface area (Å²) >= 11 is 7.40. The fourth-order valence-electron chi connectivity index (χ4n) is 7.25. The average Bonchev–Trinajstić information content (AvgIpc) is 3.01. The molecule has 0 saturated heterocycles. The highest BCUT2D eigenvalue weighted by molar-refractivity contribution is 7.80. The number of ether oxygens (including phenoxy) is 1. The lowest BCUT2D eigenvalue weighted by Crippen LogP contribution is -2.51. The lowest BCUT2D eigenvalue weighted by Gasteiger charge is -2.57. The quantitative estimate of drug-likeness (QED) is 0.459. The third-order valence-corrected chi connectivity index (χ3v) is 9.53. The van der Waals surface area contributed by atoms with Crippen LogP contribution in [0.4, 0.5) is 5.00 Å². The van der Waals surface area contributed by atoms with Gasteiger partial charge in [-0.3, -0.25) is 0 Å². The van der Waals surface area contributed by atoms with Gasteiger partial charge in [0, 0.05) is 11.4 Å². The van der Waals surface area contributed by atoms with Gasteiger partial charge in [-0.25, -0.2) is 4.79 Å². The number of methoxy groups -OCH3 is 1. The van der Waals surface area contributed by atoms with Crippen LogP contribution in [0.3, 0.4) is 0 Å². The normalized spacial score (nSPS) is 32.1. The molecule has 4 fully saturated rings. The van der Waals surface area contributed by atoms with Gasteiger partial charge in [0.15, 0.2) is 5.11 Å². The summed E-state index contributed by atoms with van der Waals surface area (Å²) in [7, 11) is 1.47. The van der Waals surface area contributed by atoms with Gasteiger partial charge in [0.2, 0.25) is 0 Å². The van der Waals surface area contributed by atoms with Gasteiger partial charge in [-0.15, -0.1) is 11.3 Å². The van der Waals surface area contributed by atoms with Crippen LogP contribution in [-0.4, -0.2) is 24.7 Å². The van der Waals surface area contributed by atoms with Crippen LogP contribution in [0, 0.1) is 23.2 Å². The van der Waals surface area contributed by atoms with Gasteiger partial charge in [-0.05, 0) is 105 Å². The molecule has 2 N–H and O–H groups in total. The van der Waals surface area contributed by atoms with Crippen LogP contribution in [0.25, 0.3) is 0 Å². The molecule has 0 unspecified atom stereocenters. The van der Waals surface area contributed by atoms with E-state index in [0.29, 0.717) is 10.5 Å². The van der Waals surface area contributed by atoms with E-state index >= 15 is 0 Å². The molecule has 0 aliphatic heterocycles. The van der Waals surface area contributed by atoms with Crippen LogP contribution in [0.2, 0.25) is 0 Å². The fourth-order valence-corrected chi connectivity index (χ4v) is 8.77. The first-order valence-electron chi connectivity index (χ1n) is 11.8. The molecule has 164 valence electrons. The minimum Gasteiger partial charge on any atom is -0.465 e. The first-order chi connectivity index (χ1) is 14.5. The molecular weight excluding hydrogens is 412 g/mol. The summed E-state index contributed by atoms with van der Waals surface area (Å²) < 4.78 is 5.14. The molecule has 6 rings (SSSR count). The highest BCUT2D eigenvalue weighted by atomic mass is 32.1. The molecule has 1 heterocycles. The van der Waals surface area contributed by atoms with E-state index in [1.165, 1.54) is 75.3 Å². The van der Waals surface area contributed by atoms with Crippen LogP contribution in [0.5, 0.6) is 0 Å². The molecule has 0 radical (unpaired) electrons. The number of hydrogen-bond acceptors (Lipinski definition) is 4. The Morgan fingerprint density at radius 3 is 2.33 bits per heavy atom. The van der Waals surface area contributed by atoms with Crippen molar-refractivity contribution in [3.8, 4) is 0 Å². The lowest BCUT2D eigenvalue weighted by molar-refractivity contribution is -0.0490. The minimum absolute atomic E-state index is 0.237. The third-order valence-electron chi connectivity index (χ3n) is 8.08. The van der Waals surface area contributed by atoms with Crippen LogP contribution in [0.15, 0.2) is 0 Å². The maximum Gasteiger partial charge on any atom is 0.341 e. The van der Waals surface area contributed by atoms with Crippen molar-refractivity contribution in [3.63, 3.8) is 0 Å². The number of fused-ring (bicyclic) bond motifs is 1. The van der Waals surface area contributed by atoms with Crippen molar-refractivity contribution in [2.75, 3.05) is 19.0 Å². The summed E-state index contributed by atoms with van der Waals surface area (Å²) in [6.45, 7) is 0.973. The molecule has 6 heteroatoms. The zero-order valence-electron chi connectivity index (χ0n) is 18.1. The topological polar surface area (TPSA) is 50.4 Å². The summed E-state index contributed by atoms with van der Waals surface area (Å²) in [6.07, 6.45) is 15.4. The Hall–Kier alpha value is -1.14. The molecule has 4 bridgehead atoms. The summed E-state index contributed by atoms with van der Waals surface area (Å²) in [6, 6.07) is 0. The van der Waals surface area contributed by atoms with E-state index in [1.807, 2.05) is 0 Å². The van der Waals surface area contributed by atoms with Gasteiger partial charge in [0.25, 0.3) is 0 Å². The van der Waals surface area contributed by atoms with E-state index < -0.39 is 0 Å². The van der Waals surface area contributed by atoms with Crippen LogP contribution < -0.4 is 10.6 Å². The van der Waals surface area contributed by atoms with E-state index in [2.05, 4.69) is 10.6 Å². The summed E-state index contributed by atoms with van der Waals surface area (Å²) in [5, 5.41) is 8.48. The molecule has 4 saturated carbocycles. The fraction of sp³-hybridized carbons (Fsp3) is 0.750. The Balaban J connectivity index is 1.29. The highest BCUT2D eigenvalue weighted by Gasteiger charge is 2.50. The van der Waals surface area contributed by atoms with E-state index in [-0.39, 0.29) is 5.97 Å². The number of carbonyl (C=O) groups is 1. The molecule has 0 spiro atoms.